The molecular formula is C13H20N2O. The highest BCUT2D eigenvalue weighted by atomic mass is 16.1. The second kappa shape index (κ2) is 5.73. The van der Waals surface area contributed by atoms with Crippen LogP contribution in [0.2, 0.25) is 0 Å². The lowest BCUT2D eigenvalue weighted by atomic mass is 9.82. The van der Waals surface area contributed by atoms with Crippen LogP contribution in [-0.2, 0) is 11.2 Å². The summed E-state index contributed by atoms with van der Waals surface area (Å²) in [6.07, 6.45) is 5.83. The van der Waals surface area contributed by atoms with Gasteiger partial charge < -0.3 is 0 Å². The van der Waals surface area contributed by atoms with Gasteiger partial charge in [0.15, 0.2) is 0 Å². The number of rotatable bonds is 5. The summed E-state index contributed by atoms with van der Waals surface area (Å²) < 4.78 is 0. The van der Waals surface area contributed by atoms with E-state index in [0.29, 0.717) is 11.7 Å². The zero-order valence-electron chi connectivity index (χ0n) is 10.5. The minimum Gasteiger partial charge on any atom is -0.299 e. The summed E-state index contributed by atoms with van der Waals surface area (Å²) in [6.45, 7) is 8.10. The van der Waals surface area contributed by atoms with E-state index in [1.54, 1.807) is 12.4 Å². The first-order chi connectivity index (χ1) is 7.52. The largest absolute Gasteiger partial charge is 0.299 e. The number of hydrogen-bond acceptors (Lipinski definition) is 3. The highest BCUT2D eigenvalue weighted by molar-refractivity contribution is 5.83. The Hall–Kier alpha value is -1.25. The summed E-state index contributed by atoms with van der Waals surface area (Å²) in [5.41, 5.74) is 1.04. The molecule has 3 heteroatoms. The molecule has 0 aliphatic carbocycles. The predicted molar refractivity (Wildman–Crippen MR) is 63.9 cm³/mol. The van der Waals surface area contributed by atoms with Crippen LogP contribution < -0.4 is 0 Å². The molecule has 0 amide bonds. The van der Waals surface area contributed by atoms with E-state index < -0.39 is 0 Å². The third-order valence-corrected chi connectivity index (χ3v) is 2.81. The number of ketones is 1. The Balaban J connectivity index is 2.77. The van der Waals surface area contributed by atoms with E-state index in [9.17, 15) is 4.79 Å². The van der Waals surface area contributed by atoms with Crippen LogP contribution in [0.25, 0.3) is 0 Å². The molecule has 1 aromatic rings. The molecule has 0 spiro atoms. The first-order valence-corrected chi connectivity index (χ1v) is 5.80. The number of aromatic nitrogens is 2. The number of nitrogens with zero attached hydrogens (tertiary/aromatic N) is 2. The van der Waals surface area contributed by atoms with Gasteiger partial charge in [-0.15, -0.1) is 0 Å². The van der Waals surface area contributed by atoms with E-state index in [1.807, 2.05) is 13.8 Å². The van der Waals surface area contributed by atoms with Gasteiger partial charge in [0.05, 0.1) is 0 Å². The molecule has 3 nitrogen and oxygen atoms in total. The van der Waals surface area contributed by atoms with E-state index in [-0.39, 0.29) is 11.8 Å². The van der Waals surface area contributed by atoms with E-state index in [0.717, 1.165) is 12.0 Å². The van der Waals surface area contributed by atoms with Gasteiger partial charge in [0.2, 0.25) is 0 Å². The van der Waals surface area contributed by atoms with Crippen LogP contribution in [0.3, 0.4) is 0 Å². The second-order valence-electron chi connectivity index (χ2n) is 4.86. The molecule has 0 fully saturated rings. The lowest BCUT2D eigenvalue weighted by Gasteiger charge is -2.21. The number of hydrogen-bond donors (Lipinski definition) is 0. The smallest absolute Gasteiger partial charge is 0.139 e. The standard InChI is InChI=1S/C13H20N2O/c1-9(2)12(13(16)10(3)4)5-11-6-14-8-15-7-11/h6-10,12H,5H2,1-4H3/t12-/m0/s1. The van der Waals surface area contributed by atoms with Crippen LogP contribution >= 0.6 is 0 Å². The zero-order chi connectivity index (χ0) is 12.1. The van der Waals surface area contributed by atoms with Gasteiger partial charge in [0.1, 0.15) is 12.1 Å². The molecule has 0 N–H and O–H groups in total. The first kappa shape index (κ1) is 12.8. The van der Waals surface area contributed by atoms with Gasteiger partial charge in [0, 0.05) is 24.2 Å². The molecule has 0 unspecified atom stereocenters. The molecule has 0 aliphatic rings. The Morgan fingerprint density at radius 1 is 1.19 bits per heavy atom. The number of carbonyl (C=O) groups excluding carboxylic acids is 1. The lowest BCUT2D eigenvalue weighted by Crippen LogP contribution is -2.26. The topological polar surface area (TPSA) is 42.9 Å². The molecule has 0 saturated heterocycles. The molecule has 1 heterocycles. The summed E-state index contributed by atoms with van der Waals surface area (Å²) >= 11 is 0. The maximum Gasteiger partial charge on any atom is 0.139 e. The van der Waals surface area contributed by atoms with E-state index in [2.05, 4.69) is 23.8 Å². The van der Waals surface area contributed by atoms with Gasteiger partial charge in [-0.2, -0.15) is 0 Å². The highest BCUT2D eigenvalue weighted by Crippen LogP contribution is 2.20. The van der Waals surface area contributed by atoms with Crippen molar-refractivity contribution in [2.75, 3.05) is 0 Å². The van der Waals surface area contributed by atoms with Crippen molar-refractivity contribution >= 4 is 5.78 Å². The molecule has 0 bridgehead atoms. The highest BCUT2D eigenvalue weighted by Gasteiger charge is 2.24. The Labute approximate surface area is 97.3 Å². The van der Waals surface area contributed by atoms with E-state index in [4.69, 9.17) is 0 Å². The first-order valence-electron chi connectivity index (χ1n) is 5.80. The normalized spacial score (nSPS) is 13.1. The minimum absolute atomic E-state index is 0.0750. The fourth-order valence-corrected chi connectivity index (χ4v) is 1.78. The van der Waals surface area contributed by atoms with Crippen molar-refractivity contribution in [2.24, 2.45) is 17.8 Å². The third kappa shape index (κ3) is 3.40. The van der Waals surface area contributed by atoms with Gasteiger partial charge >= 0.3 is 0 Å². The van der Waals surface area contributed by atoms with Gasteiger partial charge in [0.25, 0.3) is 0 Å². The van der Waals surface area contributed by atoms with Crippen molar-refractivity contribution in [1.29, 1.82) is 0 Å². The van der Waals surface area contributed by atoms with Crippen molar-refractivity contribution in [3.63, 3.8) is 0 Å². The van der Waals surface area contributed by atoms with Crippen LogP contribution in [0.1, 0.15) is 33.3 Å². The van der Waals surface area contributed by atoms with Gasteiger partial charge in [-0.25, -0.2) is 9.97 Å². The quantitative estimate of drug-likeness (QED) is 0.765. The number of Topliss-reactive ketones (excluding diaryl/α,β-unsaturated/α-hetero) is 1. The Morgan fingerprint density at radius 3 is 2.19 bits per heavy atom. The summed E-state index contributed by atoms with van der Waals surface area (Å²) in [4.78, 5) is 20.0. The second-order valence-corrected chi connectivity index (χ2v) is 4.86. The molecule has 16 heavy (non-hydrogen) atoms. The van der Waals surface area contributed by atoms with Crippen molar-refractivity contribution in [1.82, 2.24) is 9.97 Å². The van der Waals surface area contributed by atoms with Crippen molar-refractivity contribution in [3.8, 4) is 0 Å². The van der Waals surface area contributed by atoms with E-state index in [1.165, 1.54) is 6.33 Å². The molecule has 1 atom stereocenters. The van der Waals surface area contributed by atoms with Crippen molar-refractivity contribution in [3.05, 3.63) is 24.3 Å². The fraction of sp³-hybridized carbons (Fsp3) is 0.615. The van der Waals surface area contributed by atoms with Crippen LogP contribution in [0.4, 0.5) is 0 Å². The molecule has 1 rings (SSSR count). The summed E-state index contributed by atoms with van der Waals surface area (Å²) in [7, 11) is 0. The minimum atomic E-state index is 0.0750. The molecule has 0 saturated carbocycles. The Kier molecular flexibility index (Phi) is 4.59. The zero-order valence-corrected chi connectivity index (χ0v) is 10.5. The fourth-order valence-electron chi connectivity index (χ4n) is 1.78. The summed E-state index contributed by atoms with van der Waals surface area (Å²) in [5, 5.41) is 0. The Bertz CT molecular complexity index is 333. The van der Waals surface area contributed by atoms with Crippen LogP contribution in [0.15, 0.2) is 18.7 Å². The van der Waals surface area contributed by atoms with Crippen molar-refractivity contribution < 1.29 is 4.79 Å². The average molecular weight is 220 g/mol. The van der Waals surface area contributed by atoms with E-state index >= 15 is 0 Å². The predicted octanol–water partition coefficient (Wildman–Crippen LogP) is 2.52. The molecule has 0 aromatic carbocycles. The van der Waals surface area contributed by atoms with Gasteiger partial charge in [-0.3, -0.25) is 4.79 Å². The van der Waals surface area contributed by atoms with Gasteiger partial charge in [-0.1, -0.05) is 27.7 Å². The lowest BCUT2D eigenvalue weighted by molar-refractivity contribution is -0.127. The summed E-state index contributed by atoms with van der Waals surface area (Å²) in [6, 6.07) is 0. The summed E-state index contributed by atoms with van der Waals surface area (Å²) in [5.74, 6) is 0.858. The molecular weight excluding hydrogens is 200 g/mol. The average Bonchev–Trinajstić information content (AvgIpc) is 2.26. The molecule has 88 valence electrons. The molecule has 0 radical (unpaired) electrons. The van der Waals surface area contributed by atoms with Crippen LogP contribution in [0, 0.1) is 17.8 Å². The van der Waals surface area contributed by atoms with Crippen LogP contribution in [-0.4, -0.2) is 15.8 Å². The maximum atomic E-state index is 12.0. The molecule has 1 aromatic heterocycles. The SMILES string of the molecule is CC(C)C(=O)[C@@H](Cc1cncnc1)C(C)C. The Morgan fingerprint density at radius 2 is 1.75 bits per heavy atom. The molecule has 0 aliphatic heterocycles. The monoisotopic (exact) mass is 220 g/mol. The van der Waals surface area contributed by atoms with Crippen LogP contribution in [0.5, 0.6) is 0 Å². The maximum absolute atomic E-state index is 12.0. The third-order valence-electron chi connectivity index (χ3n) is 2.81. The number of carbonyl (C=O) groups is 1. The van der Waals surface area contributed by atoms with Crippen molar-refractivity contribution in [2.45, 2.75) is 34.1 Å². The van der Waals surface area contributed by atoms with Gasteiger partial charge in [-0.05, 0) is 17.9 Å².